The van der Waals surface area contributed by atoms with Gasteiger partial charge in [-0.2, -0.15) is 0 Å². The molecule has 0 saturated heterocycles. The zero-order valence-corrected chi connectivity index (χ0v) is 44.7. The lowest BCUT2D eigenvalue weighted by molar-refractivity contribution is -0.161. The van der Waals surface area contributed by atoms with E-state index in [0.29, 0.717) is 37.5 Å². The van der Waals surface area contributed by atoms with Crippen LogP contribution in [0.1, 0.15) is 221 Å². The molecule has 0 fully saturated rings. The zero-order chi connectivity index (χ0) is 50.9. The highest BCUT2D eigenvalue weighted by atomic mass is 31.2. The van der Waals surface area contributed by atoms with E-state index >= 15 is 0 Å². The molecule has 3 N–H and O–H groups in total. The van der Waals surface area contributed by atoms with Crippen LogP contribution in [-0.2, 0) is 65.4 Å². The van der Waals surface area contributed by atoms with Crippen molar-refractivity contribution in [3.8, 4) is 0 Å². The van der Waals surface area contributed by atoms with Gasteiger partial charge < -0.3 is 33.8 Å². The van der Waals surface area contributed by atoms with Gasteiger partial charge in [-0.3, -0.25) is 37.3 Å². The molecule has 0 aromatic heterocycles. The Morgan fingerprint density at radius 3 is 1.00 bits per heavy atom. The first-order valence-corrected chi connectivity index (χ1v) is 29.0. The molecule has 0 rings (SSSR count). The lowest BCUT2D eigenvalue weighted by atomic mass is 10.0. The van der Waals surface area contributed by atoms with Crippen LogP contribution < -0.4 is 0 Å². The Bertz CT molecular complexity index is 1380. The number of phosphoric acid groups is 2. The van der Waals surface area contributed by atoms with Crippen LogP contribution in [0.5, 0.6) is 0 Å². The molecule has 0 saturated carbocycles. The average molecular weight is 1020 g/mol. The highest BCUT2D eigenvalue weighted by Crippen LogP contribution is 2.45. The van der Waals surface area contributed by atoms with Gasteiger partial charge in [0.2, 0.25) is 0 Å². The van der Waals surface area contributed by atoms with Gasteiger partial charge in [-0.15, -0.1) is 0 Å². The molecule has 0 aliphatic heterocycles. The maximum absolute atomic E-state index is 12.8. The molecule has 0 aromatic carbocycles. The van der Waals surface area contributed by atoms with Gasteiger partial charge in [-0.25, -0.2) is 9.13 Å². The van der Waals surface area contributed by atoms with Gasteiger partial charge >= 0.3 is 39.5 Å². The van der Waals surface area contributed by atoms with Crippen LogP contribution >= 0.6 is 15.6 Å². The Hall–Kier alpha value is -1.94. The van der Waals surface area contributed by atoms with Crippen LogP contribution in [0, 0.1) is 11.8 Å². The van der Waals surface area contributed by atoms with E-state index in [1.54, 1.807) is 0 Å². The summed E-state index contributed by atoms with van der Waals surface area (Å²) in [7, 11) is -9.84. The van der Waals surface area contributed by atoms with Crippen molar-refractivity contribution in [2.45, 2.75) is 240 Å². The van der Waals surface area contributed by atoms with E-state index < -0.39 is 97.5 Å². The summed E-state index contributed by atoms with van der Waals surface area (Å²) in [5, 5.41) is 10.4. The molecule has 0 radical (unpaired) electrons. The molecule has 0 heterocycles. The largest absolute Gasteiger partial charge is 0.472 e. The van der Waals surface area contributed by atoms with Gasteiger partial charge in [0.25, 0.3) is 0 Å². The van der Waals surface area contributed by atoms with Crippen molar-refractivity contribution >= 4 is 39.5 Å². The predicted molar refractivity (Wildman–Crippen MR) is 261 cm³/mol. The van der Waals surface area contributed by atoms with E-state index in [0.717, 1.165) is 103 Å². The number of unbranched alkanes of at least 4 members (excludes halogenated alkanes) is 18. The normalized spacial score (nSPS) is 14.8. The highest BCUT2D eigenvalue weighted by Gasteiger charge is 2.30. The summed E-state index contributed by atoms with van der Waals surface area (Å²) in [6.07, 6.45) is 19.5. The number of hydrogen-bond acceptors (Lipinski definition) is 15. The van der Waals surface area contributed by atoms with Crippen LogP contribution in [0.3, 0.4) is 0 Å². The van der Waals surface area contributed by atoms with Crippen molar-refractivity contribution in [3.05, 3.63) is 0 Å². The molecule has 402 valence electrons. The maximum Gasteiger partial charge on any atom is 0.472 e. The van der Waals surface area contributed by atoms with Crippen LogP contribution in [-0.4, -0.2) is 96.7 Å². The summed E-state index contributed by atoms with van der Waals surface area (Å²) in [6.45, 7) is 9.00. The second-order valence-electron chi connectivity index (χ2n) is 18.8. The second-order valence-corrected chi connectivity index (χ2v) is 21.7. The summed E-state index contributed by atoms with van der Waals surface area (Å²) >= 11 is 0. The number of aliphatic hydroxyl groups excluding tert-OH is 1. The molecule has 5 atom stereocenters. The van der Waals surface area contributed by atoms with E-state index in [-0.39, 0.29) is 25.7 Å². The number of ether oxygens (including phenoxy) is 4. The lowest BCUT2D eigenvalue weighted by Gasteiger charge is -2.21. The summed E-state index contributed by atoms with van der Waals surface area (Å²) in [4.78, 5) is 70.9. The number of hydrogen-bond donors (Lipinski definition) is 3. The Morgan fingerprint density at radius 2 is 0.676 bits per heavy atom. The molecule has 0 spiro atoms. The molecule has 19 heteroatoms. The molecular weight excluding hydrogens is 922 g/mol. The van der Waals surface area contributed by atoms with E-state index in [9.17, 15) is 43.2 Å². The number of aliphatic hydroxyl groups is 1. The van der Waals surface area contributed by atoms with Crippen LogP contribution in [0.15, 0.2) is 0 Å². The van der Waals surface area contributed by atoms with Crippen molar-refractivity contribution in [3.63, 3.8) is 0 Å². The van der Waals surface area contributed by atoms with Gasteiger partial charge in [-0.1, -0.05) is 170 Å². The number of phosphoric ester groups is 2. The minimum Gasteiger partial charge on any atom is -0.462 e. The monoisotopic (exact) mass is 1020 g/mol. The summed E-state index contributed by atoms with van der Waals surface area (Å²) in [6, 6.07) is 0. The van der Waals surface area contributed by atoms with Crippen molar-refractivity contribution in [2.24, 2.45) is 11.8 Å². The minimum absolute atomic E-state index is 0.0979. The standard InChI is InChI=1S/C49H94O17P2/c1-7-9-11-17-25-31-46(51)59-37-44(65-48(53)33-27-18-12-10-8-2)39-63-67(55,56)61-35-43(50)36-62-68(57,58)64-40-45(66-49(54)34-28-22-16-14-20-24-30-42(5)6)38-60-47(52)32-26-21-15-13-19-23-29-41(3)4/h41-45,50H,7-40H2,1-6H3,(H,55,56)(H,57,58)/t43-,44+,45+/m0/s1. The SMILES string of the molecule is CCCCCCCC(=O)OC[C@H](COP(=O)(O)OC[C@H](O)COP(=O)(O)OC[C@@H](COC(=O)CCCCCCCCC(C)C)OC(=O)CCCCCCCCC(C)C)OC(=O)CCCCCCC. The maximum atomic E-state index is 12.8. The quantitative estimate of drug-likeness (QED) is 0.0222. The van der Waals surface area contributed by atoms with Crippen LogP contribution in [0.25, 0.3) is 0 Å². The molecule has 0 amide bonds. The smallest absolute Gasteiger partial charge is 0.462 e. The summed E-state index contributed by atoms with van der Waals surface area (Å²) in [5.41, 5.74) is 0. The Balaban J connectivity index is 5.16. The van der Waals surface area contributed by atoms with Gasteiger partial charge in [-0.05, 0) is 37.5 Å². The van der Waals surface area contributed by atoms with Crippen LogP contribution in [0.4, 0.5) is 0 Å². The first kappa shape index (κ1) is 66.1. The third-order valence-corrected chi connectivity index (χ3v) is 12.9. The number of rotatable bonds is 48. The highest BCUT2D eigenvalue weighted by molar-refractivity contribution is 7.47. The Morgan fingerprint density at radius 1 is 0.397 bits per heavy atom. The molecule has 0 bridgehead atoms. The first-order valence-electron chi connectivity index (χ1n) is 26.0. The predicted octanol–water partition coefficient (Wildman–Crippen LogP) is 11.8. The van der Waals surface area contributed by atoms with Gasteiger partial charge in [0.15, 0.2) is 12.2 Å². The molecule has 68 heavy (non-hydrogen) atoms. The van der Waals surface area contributed by atoms with Gasteiger partial charge in [0.05, 0.1) is 26.4 Å². The Kier molecular flexibility index (Phi) is 41.5. The molecule has 0 aliphatic rings. The third-order valence-electron chi connectivity index (χ3n) is 11.0. The van der Waals surface area contributed by atoms with Gasteiger partial charge in [0, 0.05) is 25.7 Å². The number of carbonyl (C=O) groups is 4. The van der Waals surface area contributed by atoms with Crippen LogP contribution in [0.2, 0.25) is 0 Å². The number of esters is 4. The Labute approximate surface area is 409 Å². The topological polar surface area (TPSA) is 237 Å². The second kappa shape index (κ2) is 42.7. The first-order chi connectivity index (χ1) is 32.4. The minimum atomic E-state index is -4.92. The van der Waals surface area contributed by atoms with Gasteiger partial charge in [0.1, 0.15) is 19.3 Å². The average Bonchev–Trinajstić information content (AvgIpc) is 3.28. The molecule has 0 aliphatic carbocycles. The fourth-order valence-corrected chi connectivity index (χ4v) is 8.46. The third kappa shape index (κ3) is 44.0. The molecule has 17 nitrogen and oxygen atoms in total. The number of carbonyl (C=O) groups excluding carboxylic acids is 4. The molecule has 2 unspecified atom stereocenters. The van der Waals surface area contributed by atoms with E-state index in [1.165, 1.54) is 25.7 Å². The summed E-state index contributed by atoms with van der Waals surface area (Å²) < 4.78 is 66.8. The zero-order valence-electron chi connectivity index (χ0n) is 42.9. The van der Waals surface area contributed by atoms with Crippen molar-refractivity contribution in [1.82, 2.24) is 0 Å². The summed E-state index contributed by atoms with van der Waals surface area (Å²) in [5.74, 6) is -0.835. The molecule has 0 aromatic rings. The van der Waals surface area contributed by atoms with E-state index in [2.05, 4.69) is 41.5 Å². The molecular formula is C49H94O17P2. The fraction of sp³-hybridized carbons (Fsp3) is 0.918. The van der Waals surface area contributed by atoms with Crippen molar-refractivity contribution in [2.75, 3.05) is 39.6 Å². The van der Waals surface area contributed by atoms with E-state index in [4.69, 9.17) is 37.0 Å². The van der Waals surface area contributed by atoms with Crippen molar-refractivity contribution in [1.29, 1.82) is 0 Å². The van der Waals surface area contributed by atoms with Crippen molar-refractivity contribution < 1.29 is 80.2 Å². The lowest BCUT2D eigenvalue weighted by Crippen LogP contribution is -2.30. The van der Waals surface area contributed by atoms with E-state index in [1.807, 2.05) is 0 Å². The fourth-order valence-electron chi connectivity index (χ4n) is 6.88.